The summed E-state index contributed by atoms with van der Waals surface area (Å²) in [6.07, 6.45) is 5.81. The van der Waals surface area contributed by atoms with Crippen LogP contribution in [0.3, 0.4) is 0 Å². The van der Waals surface area contributed by atoms with Crippen LogP contribution in [0.1, 0.15) is 26.2 Å². The zero-order valence-corrected chi connectivity index (χ0v) is 9.42. The molecule has 1 aromatic heterocycles. The van der Waals surface area contributed by atoms with Crippen LogP contribution in [-0.4, -0.2) is 18.6 Å². The normalized spacial score (nSPS) is 18.0. The zero-order valence-electron chi connectivity index (χ0n) is 9.42. The van der Waals surface area contributed by atoms with Gasteiger partial charge in [-0.1, -0.05) is 13.3 Å². The van der Waals surface area contributed by atoms with E-state index in [4.69, 9.17) is 4.74 Å². The average molecular weight is 206 g/mol. The first kappa shape index (κ1) is 10.3. The van der Waals surface area contributed by atoms with Crippen LogP contribution in [0.2, 0.25) is 0 Å². The highest BCUT2D eigenvalue weighted by Crippen LogP contribution is 2.40. The van der Waals surface area contributed by atoms with Crippen LogP contribution in [0, 0.1) is 5.41 Å². The topological polar surface area (TPSA) is 34.1 Å². The predicted molar refractivity (Wildman–Crippen MR) is 61.2 cm³/mol. The molecule has 2 rings (SSSR count). The van der Waals surface area contributed by atoms with Gasteiger partial charge in [0.2, 0.25) is 5.88 Å². The first-order valence-corrected chi connectivity index (χ1v) is 5.46. The van der Waals surface area contributed by atoms with Crippen molar-refractivity contribution in [2.24, 2.45) is 5.41 Å². The van der Waals surface area contributed by atoms with Gasteiger partial charge in [0, 0.05) is 24.5 Å². The highest BCUT2D eigenvalue weighted by atomic mass is 16.5. The van der Waals surface area contributed by atoms with E-state index in [2.05, 4.69) is 17.2 Å². The fraction of sp³-hybridized carbons (Fsp3) is 0.583. The molecule has 1 heterocycles. The van der Waals surface area contributed by atoms with Crippen molar-refractivity contribution in [1.29, 1.82) is 0 Å². The van der Waals surface area contributed by atoms with Crippen molar-refractivity contribution in [3.05, 3.63) is 18.3 Å². The summed E-state index contributed by atoms with van der Waals surface area (Å²) in [4.78, 5) is 4.07. The molecule has 1 saturated carbocycles. The lowest BCUT2D eigenvalue weighted by Crippen LogP contribution is -2.33. The van der Waals surface area contributed by atoms with E-state index in [0.29, 0.717) is 11.3 Å². The van der Waals surface area contributed by atoms with Crippen LogP contribution < -0.4 is 10.1 Å². The number of hydrogen-bond acceptors (Lipinski definition) is 3. The van der Waals surface area contributed by atoms with Crippen LogP contribution in [0.4, 0.5) is 5.69 Å². The molecule has 1 fully saturated rings. The van der Waals surface area contributed by atoms with E-state index in [1.807, 2.05) is 12.1 Å². The second-order valence-electron chi connectivity index (χ2n) is 4.60. The largest absolute Gasteiger partial charge is 0.481 e. The Bertz CT molecular complexity index is 334. The van der Waals surface area contributed by atoms with E-state index in [1.54, 1.807) is 13.3 Å². The fourth-order valence-electron chi connectivity index (χ4n) is 1.90. The summed E-state index contributed by atoms with van der Waals surface area (Å²) in [6.45, 7) is 3.38. The summed E-state index contributed by atoms with van der Waals surface area (Å²) in [5, 5.41) is 3.44. The molecule has 0 aliphatic heterocycles. The van der Waals surface area contributed by atoms with Crippen molar-refractivity contribution in [2.45, 2.75) is 26.2 Å². The van der Waals surface area contributed by atoms with Crippen LogP contribution in [0.15, 0.2) is 18.3 Å². The molecule has 0 unspecified atom stereocenters. The Labute approximate surface area is 90.9 Å². The minimum atomic E-state index is 0.497. The SMILES string of the molecule is COc1cc(NCC2(C)CCC2)ccn1. The second kappa shape index (κ2) is 4.09. The molecular weight excluding hydrogens is 188 g/mol. The van der Waals surface area contributed by atoms with E-state index in [-0.39, 0.29) is 0 Å². The molecule has 1 N–H and O–H groups in total. The van der Waals surface area contributed by atoms with Crippen molar-refractivity contribution >= 4 is 5.69 Å². The number of pyridine rings is 1. The van der Waals surface area contributed by atoms with Gasteiger partial charge in [-0.2, -0.15) is 0 Å². The van der Waals surface area contributed by atoms with Gasteiger partial charge in [-0.05, 0) is 24.3 Å². The predicted octanol–water partition coefficient (Wildman–Crippen LogP) is 2.69. The molecule has 3 nitrogen and oxygen atoms in total. The Kier molecular flexibility index (Phi) is 2.80. The number of nitrogens with zero attached hydrogens (tertiary/aromatic N) is 1. The van der Waals surface area contributed by atoms with Gasteiger partial charge in [-0.15, -0.1) is 0 Å². The van der Waals surface area contributed by atoms with Gasteiger partial charge in [0.15, 0.2) is 0 Å². The number of aromatic nitrogens is 1. The van der Waals surface area contributed by atoms with E-state index in [1.165, 1.54) is 19.3 Å². The minimum Gasteiger partial charge on any atom is -0.481 e. The molecule has 0 radical (unpaired) electrons. The maximum absolute atomic E-state index is 5.08. The van der Waals surface area contributed by atoms with Crippen LogP contribution >= 0.6 is 0 Å². The Balaban J connectivity index is 1.92. The summed E-state index contributed by atoms with van der Waals surface area (Å²) in [6, 6.07) is 3.91. The molecule has 0 spiro atoms. The van der Waals surface area contributed by atoms with E-state index < -0.39 is 0 Å². The molecule has 0 aromatic carbocycles. The molecule has 0 bridgehead atoms. The molecule has 0 amide bonds. The average Bonchev–Trinajstić information content (AvgIpc) is 2.24. The van der Waals surface area contributed by atoms with Crippen molar-refractivity contribution in [3.63, 3.8) is 0 Å². The number of ether oxygens (including phenoxy) is 1. The van der Waals surface area contributed by atoms with Gasteiger partial charge < -0.3 is 10.1 Å². The number of nitrogens with one attached hydrogen (secondary N) is 1. The van der Waals surface area contributed by atoms with Crippen molar-refractivity contribution in [1.82, 2.24) is 4.98 Å². The van der Waals surface area contributed by atoms with Gasteiger partial charge in [0.05, 0.1) is 7.11 Å². The first-order valence-electron chi connectivity index (χ1n) is 5.46. The van der Waals surface area contributed by atoms with Crippen LogP contribution in [-0.2, 0) is 0 Å². The quantitative estimate of drug-likeness (QED) is 0.822. The summed E-state index contributed by atoms with van der Waals surface area (Å²) in [5.41, 5.74) is 1.59. The van der Waals surface area contributed by atoms with Crippen LogP contribution in [0.5, 0.6) is 5.88 Å². The standard InChI is InChI=1S/C12H18N2O/c1-12(5-3-6-12)9-14-10-4-7-13-11(8-10)15-2/h4,7-8H,3,5-6,9H2,1-2H3,(H,13,14). The van der Waals surface area contributed by atoms with Gasteiger partial charge in [-0.3, -0.25) is 0 Å². The maximum Gasteiger partial charge on any atom is 0.214 e. The molecule has 0 atom stereocenters. The van der Waals surface area contributed by atoms with Crippen molar-refractivity contribution in [2.75, 3.05) is 19.0 Å². The number of hydrogen-bond donors (Lipinski definition) is 1. The summed E-state index contributed by atoms with van der Waals surface area (Å²) in [7, 11) is 1.64. The third-order valence-corrected chi connectivity index (χ3v) is 3.22. The van der Waals surface area contributed by atoms with Gasteiger partial charge in [0.25, 0.3) is 0 Å². The lowest BCUT2D eigenvalue weighted by Gasteiger charge is -2.38. The van der Waals surface area contributed by atoms with E-state index in [0.717, 1.165) is 12.2 Å². The van der Waals surface area contributed by atoms with Gasteiger partial charge in [0.1, 0.15) is 0 Å². The molecule has 3 heteroatoms. The number of anilines is 1. The molecule has 1 aliphatic carbocycles. The minimum absolute atomic E-state index is 0.497. The first-order chi connectivity index (χ1) is 7.22. The fourth-order valence-corrected chi connectivity index (χ4v) is 1.90. The lowest BCUT2D eigenvalue weighted by atomic mass is 9.70. The van der Waals surface area contributed by atoms with E-state index in [9.17, 15) is 0 Å². The molecular formula is C12H18N2O. The molecule has 82 valence electrons. The van der Waals surface area contributed by atoms with Gasteiger partial charge >= 0.3 is 0 Å². The summed E-state index contributed by atoms with van der Waals surface area (Å²) in [5.74, 6) is 0.666. The maximum atomic E-state index is 5.08. The molecule has 15 heavy (non-hydrogen) atoms. The second-order valence-corrected chi connectivity index (χ2v) is 4.60. The smallest absolute Gasteiger partial charge is 0.214 e. The lowest BCUT2D eigenvalue weighted by molar-refractivity contribution is 0.180. The Morgan fingerprint density at radius 3 is 2.93 bits per heavy atom. The third-order valence-electron chi connectivity index (χ3n) is 3.22. The number of methoxy groups -OCH3 is 1. The van der Waals surface area contributed by atoms with Crippen molar-refractivity contribution in [3.8, 4) is 5.88 Å². The van der Waals surface area contributed by atoms with Gasteiger partial charge in [-0.25, -0.2) is 4.98 Å². The summed E-state index contributed by atoms with van der Waals surface area (Å²) >= 11 is 0. The highest BCUT2D eigenvalue weighted by Gasteiger charge is 2.31. The van der Waals surface area contributed by atoms with Crippen LogP contribution in [0.25, 0.3) is 0 Å². The van der Waals surface area contributed by atoms with E-state index >= 15 is 0 Å². The molecule has 1 aromatic rings. The Morgan fingerprint density at radius 1 is 1.53 bits per heavy atom. The summed E-state index contributed by atoms with van der Waals surface area (Å²) < 4.78 is 5.08. The Morgan fingerprint density at radius 2 is 2.33 bits per heavy atom. The highest BCUT2D eigenvalue weighted by molar-refractivity contribution is 5.45. The third kappa shape index (κ3) is 2.41. The Hall–Kier alpha value is -1.25. The number of rotatable bonds is 4. The zero-order chi connectivity index (χ0) is 10.7. The van der Waals surface area contributed by atoms with Crippen molar-refractivity contribution < 1.29 is 4.74 Å². The molecule has 0 saturated heterocycles. The molecule has 1 aliphatic rings. The monoisotopic (exact) mass is 206 g/mol.